The second-order valence-electron chi connectivity index (χ2n) is 4.18. The maximum Gasteiger partial charge on any atom is 0.235 e. The van der Waals surface area contributed by atoms with Crippen LogP contribution < -0.4 is 5.32 Å². The van der Waals surface area contributed by atoms with Crippen molar-refractivity contribution in [2.75, 3.05) is 12.4 Å². The van der Waals surface area contributed by atoms with Gasteiger partial charge in [0.1, 0.15) is 5.25 Å². The van der Waals surface area contributed by atoms with E-state index >= 15 is 0 Å². The third-order valence-electron chi connectivity index (χ3n) is 2.40. The monoisotopic (exact) mass is 235 g/mol. The van der Waals surface area contributed by atoms with Crippen LogP contribution in [0, 0.1) is 0 Å². The molecule has 0 aliphatic rings. The van der Waals surface area contributed by atoms with E-state index in [1.165, 1.54) is 0 Å². The normalized spacial score (nSPS) is 15.8. The number of aliphatic hydroxyl groups excluding tert-OH is 1. The van der Waals surface area contributed by atoms with Crippen LogP contribution in [0.5, 0.6) is 0 Å². The first-order valence-electron chi connectivity index (χ1n) is 5.14. The van der Waals surface area contributed by atoms with Crippen molar-refractivity contribution in [1.82, 2.24) is 5.32 Å². The third-order valence-corrected chi connectivity index (χ3v) is 3.99. The standard InChI is InChI=1S/C10H21NO3S/c1-5-10(3,4)11-9(13)8(2)15(14)7-6-12/h8,12H,5-7H2,1-4H3,(H,11,13). The van der Waals surface area contributed by atoms with Crippen LogP contribution in [0.25, 0.3) is 0 Å². The first-order valence-corrected chi connectivity index (χ1v) is 6.52. The van der Waals surface area contributed by atoms with Crippen molar-refractivity contribution in [2.45, 2.75) is 44.9 Å². The number of hydrogen-bond acceptors (Lipinski definition) is 3. The second-order valence-corrected chi connectivity index (χ2v) is 6.05. The summed E-state index contributed by atoms with van der Waals surface area (Å²) in [5, 5.41) is 10.9. The lowest BCUT2D eigenvalue weighted by Crippen LogP contribution is -2.48. The average Bonchev–Trinajstić information content (AvgIpc) is 2.16. The molecular weight excluding hydrogens is 214 g/mol. The molecule has 15 heavy (non-hydrogen) atoms. The summed E-state index contributed by atoms with van der Waals surface area (Å²) < 4.78 is 11.4. The smallest absolute Gasteiger partial charge is 0.235 e. The van der Waals surface area contributed by atoms with E-state index in [9.17, 15) is 9.00 Å². The molecule has 1 amide bonds. The molecule has 2 atom stereocenters. The summed E-state index contributed by atoms with van der Waals surface area (Å²) in [6.45, 7) is 7.29. The van der Waals surface area contributed by atoms with Gasteiger partial charge < -0.3 is 10.4 Å². The van der Waals surface area contributed by atoms with Gasteiger partial charge in [-0.2, -0.15) is 0 Å². The van der Waals surface area contributed by atoms with Gasteiger partial charge in [-0.05, 0) is 27.2 Å². The summed E-state index contributed by atoms with van der Waals surface area (Å²) in [4.78, 5) is 11.6. The Morgan fingerprint density at radius 2 is 2.07 bits per heavy atom. The van der Waals surface area contributed by atoms with Crippen LogP contribution in [0.1, 0.15) is 34.1 Å². The maximum atomic E-state index is 11.6. The van der Waals surface area contributed by atoms with E-state index in [4.69, 9.17) is 5.11 Å². The lowest BCUT2D eigenvalue weighted by molar-refractivity contribution is -0.121. The molecule has 0 aromatic heterocycles. The van der Waals surface area contributed by atoms with Crippen molar-refractivity contribution < 1.29 is 14.1 Å². The number of carbonyl (C=O) groups excluding carboxylic acids is 1. The fourth-order valence-electron chi connectivity index (χ4n) is 0.910. The Hall–Kier alpha value is -0.420. The highest BCUT2D eigenvalue weighted by molar-refractivity contribution is 7.86. The molecule has 0 aliphatic heterocycles. The van der Waals surface area contributed by atoms with Crippen LogP contribution in [-0.4, -0.2) is 38.4 Å². The van der Waals surface area contributed by atoms with Gasteiger partial charge in [-0.25, -0.2) is 0 Å². The van der Waals surface area contributed by atoms with Crippen molar-refractivity contribution in [1.29, 1.82) is 0 Å². The molecule has 0 aliphatic carbocycles. The van der Waals surface area contributed by atoms with Crippen molar-refractivity contribution >= 4 is 16.7 Å². The molecule has 2 unspecified atom stereocenters. The first kappa shape index (κ1) is 14.6. The number of rotatable bonds is 6. The van der Waals surface area contributed by atoms with Gasteiger partial charge >= 0.3 is 0 Å². The summed E-state index contributed by atoms with van der Waals surface area (Å²) >= 11 is 0. The SMILES string of the molecule is CCC(C)(C)NC(=O)C(C)S(=O)CCO. The molecule has 5 heteroatoms. The Kier molecular flexibility index (Phi) is 6.05. The zero-order valence-electron chi connectivity index (χ0n) is 9.87. The van der Waals surface area contributed by atoms with Gasteiger partial charge in [-0.1, -0.05) is 6.92 Å². The molecule has 0 bridgehead atoms. The Morgan fingerprint density at radius 1 is 1.53 bits per heavy atom. The fourth-order valence-corrected chi connectivity index (χ4v) is 1.74. The molecule has 0 aromatic carbocycles. The topological polar surface area (TPSA) is 66.4 Å². The fraction of sp³-hybridized carbons (Fsp3) is 0.900. The predicted molar refractivity (Wildman–Crippen MR) is 62.1 cm³/mol. The highest BCUT2D eigenvalue weighted by atomic mass is 32.2. The molecule has 0 saturated carbocycles. The molecule has 0 fully saturated rings. The van der Waals surface area contributed by atoms with E-state index in [0.29, 0.717) is 0 Å². The van der Waals surface area contributed by atoms with E-state index in [0.717, 1.165) is 6.42 Å². The van der Waals surface area contributed by atoms with E-state index in [1.54, 1.807) is 6.92 Å². The van der Waals surface area contributed by atoms with E-state index in [1.807, 2.05) is 20.8 Å². The number of nitrogens with one attached hydrogen (secondary N) is 1. The molecule has 90 valence electrons. The number of hydrogen-bond donors (Lipinski definition) is 2. The molecule has 0 radical (unpaired) electrons. The van der Waals surface area contributed by atoms with E-state index in [2.05, 4.69) is 5.32 Å². The van der Waals surface area contributed by atoms with Gasteiger partial charge in [-0.3, -0.25) is 9.00 Å². The molecule has 0 aromatic rings. The van der Waals surface area contributed by atoms with Crippen LogP contribution in [0.3, 0.4) is 0 Å². The van der Waals surface area contributed by atoms with Crippen LogP contribution in [0.15, 0.2) is 0 Å². The van der Waals surface area contributed by atoms with Crippen molar-refractivity contribution in [3.8, 4) is 0 Å². The van der Waals surface area contributed by atoms with Crippen molar-refractivity contribution in [3.63, 3.8) is 0 Å². The lowest BCUT2D eigenvalue weighted by Gasteiger charge is -2.26. The van der Waals surface area contributed by atoms with Gasteiger partial charge in [0.05, 0.1) is 6.61 Å². The van der Waals surface area contributed by atoms with E-state index in [-0.39, 0.29) is 23.8 Å². The van der Waals surface area contributed by atoms with Gasteiger partial charge in [0.15, 0.2) is 0 Å². The molecule has 4 nitrogen and oxygen atoms in total. The Labute approximate surface area is 93.9 Å². The maximum absolute atomic E-state index is 11.6. The van der Waals surface area contributed by atoms with Crippen LogP contribution in [0.2, 0.25) is 0 Å². The summed E-state index contributed by atoms with van der Waals surface area (Å²) in [5.74, 6) is -0.0603. The summed E-state index contributed by atoms with van der Waals surface area (Å²) in [6, 6.07) is 0. The van der Waals surface area contributed by atoms with Crippen LogP contribution in [0.4, 0.5) is 0 Å². The largest absolute Gasteiger partial charge is 0.395 e. The Bertz CT molecular complexity index is 241. The molecule has 2 N–H and O–H groups in total. The van der Waals surface area contributed by atoms with Gasteiger partial charge in [0, 0.05) is 22.1 Å². The quantitative estimate of drug-likeness (QED) is 0.701. The molecular formula is C10H21NO3S. The number of amides is 1. The number of carbonyl (C=O) groups is 1. The Morgan fingerprint density at radius 3 is 2.47 bits per heavy atom. The van der Waals surface area contributed by atoms with Crippen molar-refractivity contribution in [3.05, 3.63) is 0 Å². The minimum absolute atomic E-state index is 0.151. The lowest BCUT2D eigenvalue weighted by atomic mass is 10.0. The molecule has 0 heterocycles. The first-order chi connectivity index (χ1) is 6.84. The predicted octanol–water partition coefficient (Wildman–Crippen LogP) is 0.421. The Balaban J connectivity index is 4.27. The van der Waals surface area contributed by atoms with Crippen LogP contribution in [-0.2, 0) is 15.6 Å². The highest BCUT2D eigenvalue weighted by Crippen LogP contribution is 2.08. The molecule has 0 rings (SSSR count). The zero-order chi connectivity index (χ0) is 12.1. The molecule has 0 saturated heterocycles. The van der Waals surface area contributed by atoms with E-state index < -0.39 is 16.0 Å². The summed E-state index contributed by atoms with van der Waals surface area (Å²) in [7, 11) is -1.29. The molecule has 0 spiro atoms. The average molecular weight is 235 g/mol. The minimum Gasteiger partial charge on any atom is -0.395 e. The minimum atomic E-state index is -1.29. The summed E-state index contributed by atoms with van der Waals surface area (Å²) in [6.07, 6.45) is 0.818. The zero-order valence-corrected chi connectivity index (χ0v) is 10.7. The van der Waals surface area contributed by atoms with Gasteiger partial charge in [0.25, 0.3) is 0 Å². The number of aliphatic hydroxyl groups is 1. The van der Waals surface area contributed by atoms with Crippen molar-refractivity contribution in [2.24, 2.45) is 0 Å². The van der Waals surface area contributed by atoms with Gasteiger partial charge in [0.2, 0.25) is 5.91 Å². The summed E-state index contributed by atoms with van der Waals surface area (Å²) in [5.41, 5.74) is -0.269. The van der Waals surface area contributed by atoms with Crippen LogP contribution >= 0.6 is 0 Å². The third kappa shape index (κ3) is 5.28. The highest BCUT2D eigenvalue weighted by Gasteiger charge is 2.24. The second kappa shape index (κ2) is 6.23. The van der Waals surface area contributed by atoms with Gasteiger partial charge in [-0.15, -0.1) is 0 Å².